The molecule has 1 N–H and O–H groups in total. The smallest absolute Gasteiger partial charge is 0.408 e. The molecule has 0 bridgehead atoms. The molecule has 0 aromatic heterocycles. The van der Waals surface area contributed by atoms with E-state index >= 15 is 0 Å². The van der Waals surface area contributed by atoms with Crippen LogP contribution in [0.3, 0.4) is 0 Å². The Hall–Kier alpha value is -3.22. The molecule has 0 aliphatic heterocycles. The molecule has 0 radical (unpaired) electrons. The third-order valence-electron chi connectivity index (χ3n) is 4.76. The molecule has 0 unspecified atom stereocenters. The van der Waals surface area contributed by atoms with Crippen LogP contribution in [0.4, 0.5) is 4.79 Å². The monoisotopic (exact) mass is 443 g/mol. The lowest BCUT2D eigenvalue weighted by Gasteiger charge is -2.27. The second kappa shape index (κ2) is 10.9. The van der Waals surface area contributed by atoms with Gasteiger partial charge in [-0.25, -0.2) is 9.59 Å². The maximum atomic E-state index is 12.7. The lowest BCUT2D eigenvalue weighted by Crippen LogP contribution is -2.43. The van der Waals surface area contributed by atoms with Gasteiger partial charge in [-0.2, -0.15) is 0 Å². The topological polar surface area (TPSA) is 83.1 Å². The van der Waals surface area contributed by atoms with Crippen molar-refractivity contribution in [3.8, 4) is 11.5 Å². The van der Waals surface area contributed by atoms with E-state index in [4.69, 9.17) is 18.9 Å². The normalized spacial score (nSPS) is 13.1. The number of hydrogen-bond donors (Lipinski definition) is 1. The first kappa shape index (κ1) is 25.0. The van der Waals surface area contributed by atoms with Crippen LogP contribution in [0.1, 0.15) is 51.7 Å². The number of hydrogen-bond acceptors (Lipinski definition) is 6. The maximum Gasteiger partial charge on any atom is 0.408 e. The lowest BCUT2D eigenvalue weighted by molar-refractivity contribution is -0.150. The van der Waals surface area contributed by atoms with Gasteiger partial charge < -0.3 is 24.3 Å². The minimum Gasteiger partial charge on any atom is -0.497 e. The highest BCUT2D eigenvalue weighted by Crippen LogP contribution is 2.33. The van der Waals surface area contributed by atoms with Crippen molar-refractivity contribution >= 4 is 12.1 Å². The molecule has 0 fully saturated rings. The summed E-state index contributed by atoms with van der Waals surface area (Å²) in [5.74, 6) is 0.569. The summed E-state index contributed by atoms with van der Waals surface area (Å²) in [5, 5.41) is 2.52. The molecular weight excluding hydrogens is 410 g/mol. The highest BCUT2D eigenvalue weighted by molar-refractivity contribution is 5.81. The Bertz CT molecular complexity index is 873. The van der Waals surface area contributed by atoms with Gasteiger partial charge in [-0.15, -0.1) is 0 Å². The van der Waals surface area contributed by atoms with Crippen molar-refractivity contribution < 1.29 is 28.5 Å². The number of carbonyl (C=O) groups is 2. The number of carbonyl (C=O) groups excluding carboxylic acids is 2. The number of rotatable bonds is 8. The highest BCUT2D eigenvalue weighted by atomic mass is 16.6. The molecule has 0 aliphatic carbocycles. The molecule has 0 spiro atoms. The average molecular weight is 444 g/mol. The van der Waals surface area contributed by atoms with Crippen molar-refractivity contribution in [3.63, 3.8) is 0 Å². The Morgan fingerprint density at radius 1 is 0.875 bits per heavy atom. The van der Waals surface area contributed by atoms with Gasteiger partial charge in [0.2, 0.25) is 0 Å². The summed E-state index contributed by atoms with van der Waals surface area (Å²) in [6.45, 7) is 8.65. The predicted molar refractivity (Wildman–Crippen MR) is 122 cm³/mol. The SMILES string of the molecule is COc1cccc(C(c2cccc(OC)c2)[C@H](C)OC(=O)[C@H](C)NC(=O)OC(C)(C)C)c1. The lowest BCUT2D eigenvalue weighted by atomic mass is 9.87. The molecule has 0 saturated heterocycles. The third-order valence-corrected chi connectivity index (χ3v) is 4.76. The van der Waals surface area contributed by atoms with Gasteiger partial charge in [-0.1, -0.05) is 24.3 Å². The summed E-state index contributed by atoms with van der Waals surface area (Å²) < 4.78 is 21.7. The largest absolute Gasteiger partial charge is 0.497 e. The number of nitrogens with one attached hydrogen (secondary N) is 1. The summed E-state index contributed by atoms with van der Waals surface area (Å²) in [4.78, 5) is 24.7. The molecule has 2 aromatic rings. The molecule has 7 nitrogen and oxygen atoms in total. The molecule has 2 aromatic carbocycles. The van der Waals surface area contributed by atoms with E-state index in [1.807, 2.05) is 55.5 Å². The van der Waals surface area contributed by atoms with E-state index < -0.39 is 29.8 Å². The van der Waals surface area contributed by atoms with E-state index in [9.17, 15) is 9.59 Å². The summed E-state index contributed by atoms with van der Waals surface area (Å²) in [6, 6.07) is 14.4. The van der Waals surface area contributed by atoms with Gasteiger partial charge in [0.25, 0.3) is 0 Å². The molecule has 0 heterocycles. The predicted octanol–water partition coefficient (Wildman–Crippen LogP) is 4.68. The zero-order valence-electron chi connectivity index (χ0n) is 19.8. The van der Waals surface area contributed by atoms with Gasteiger partial charge >= 0.3 is 12.1 Å². The van der Waals surface area contributed by atoms with Gasteiger partial charge in [-0.05, 0) is 70.0 Å². The van der Waals surface area contributed by atoms with Crippen LogP contribution < -0.4 is 14.8 Å². The van der Waals surface area contributed by atoms with Crippen LogP contribution in [0, 0.1) is 0 Å². The first-order valence-electron chi connectivity index (χ1n) is 10.5. The van der Waals surface area contributed by atoms with Crippen molar-refractivity contribution in [2.45, 2.75) is 58.3 Å². The molecule has 174 valence electrons. The Labute approximate surface area is 190 Å². The summed E-state index contributed by atoms with van der Waals surface area (Å²) in [7, 11) is 3.21. The first-order valence-corrected chi connectivity index (χ1v) is 10.5. The Kier molecular flexibility index (Phi) is 8.52. The zero-order chi connectivity index (χ0) is 23.9. The quantitative estimate of drug-likeness (QED) is 0.597. The highest BCUT2D eigenvalue weighted by Gasteiger charge is 2.29. The van der Waals surface area contributed by atoms with Crippen molar-refractivity contribution in [2.75, 3.05) is 14.2 Å². The summed E-state index contributed by atoms with van der Waals surface area (Å²) in [5.41, 5.74) is 1.18. The standard InChI is InChI=1S/C25H33NO6/c1-16(26-24(28)32-25(3,4)5)23(27)31-17(2)22(18-10-8-12-20(14-18)29-6)19-11-9-13-21(15-19)30-7/h8-17,22H,1-7H3,(H,26,28)/t16-,17-/m0/s1. The van der Waals surface area contributed by atoms with E-state index in [0.29, 0.717) is 11.5 Å². The molecule has 1 amide bonds. The van der Waals surface area contributed by atoms with Crippen LogP contribution in [-0.2, 0) is 14.3 Å². The fourth-order valence-electron chi connectivity index (χ4n) is 3.30. The molecule has 0 aliphatic rings. The fraction of sp³-hybridized carbons (Fsp3) is 0.440. The van der Waals surface area contributed by atoms with Crippen LogP contribution in [0.25, 0.3) is 0 Å². The average Bonchev–Trinajstić information content (AvgIpc) is 2.72. The number of ether oxygens (including phenoxy) is 4. The van der Waals surface area contributed by atoms with Crippen LogP contribution in [0.15, 0.2) is 48.5 Å². The number of alkyl carbamates (subject to hydrolysis) is 1. The first-order chi connectivity index (χ1) is 15.0. The van der Waals surface area contributed by atoms with Crippen molar-refractivity contribution in [2.24, 2.45) is 0 Å². The van der Waals surface area contributed by atoms with Crippen LogP contribution in [0.2, 0.25) is 0 Å². The number of esters is 1. The van der Waals surface area contributed by atoms with Crippen LogP contribution in [-0.4, -0.2) is 44.0 Å². The summed E-state index contributed by atoms with van der Waals surface area (Å²) >= 11 is 0. The maximum absolute atomic E-state index is 12.7. The molecule has 2 rings (SSSR count). The van der Waals surface area contributed by atoms with E-state index in [-0.39, 0.29) is 5.92 Å². The number of benzene rings is 2. The molecule has 2 atom stereocenters. The number of amides is 1. The molecule has 0 saturated carbocycles. The molecule has 7 heteroatoms. The second-order valence-electron chi connectivity index (χ2n) is 8.54. The van der Waals surface area contributed by atoms with Gasteiger partial charge in [0.05, 0.1) is 14.2 Å². The van der Waals surface area contributed by atoms with Gasteiger partial charge in [0, 0.05) is 5.92 Å². The van der Waals surface area contributed by atoms with Crippen molar-refractivity contribution in [3.05, 3.63) is 59.7 Å². The minimum atomic E-state index is -0.872. The van der Waals surface area contributed by atoms with Gasteiger partial charge in [0.1, 0.15) is 29.2 Å². The molecule has 32 heavy (non-hydrogen) atoms. The zero-order valence-corrected chi connectivity index (χ0v) is 19.8. The van der Waals surface area contributed by atoms with Crippen LogP contribution >= 0.6 is 0 Å². The second-order valence-corrected chi connectivity index (χ2v) is 8.54. The van der Waals surface area contributed by atoms with E-state index in [0.717, 1.165) is 11.1 Å². The van der Waals surface area contributed by atoms with Crippen molar-refractivity contribution in [1.82, 2.24) is 5.32 Å². The van der Waals surface area contributed by atoms with E-state index in [2.05, 4.69) is 5.32 Å². The Morgan fingerprint density at radius 3 is 1.81 bits per heavy atom. The molecular formula is C25H33NO6. The van der Waals surface area contributed by atoms with Gasteiger partial charge in [-0.3, -0.25) is 0 Å². The fourth-order valence-corrected chi connectivity index (χ4v) is 3.30. The number of methoxy groups -OCH3 is 2. The summed E-state index contributed by atoms with van der Waals surface area (Å²) in [6.07, 6.45) is -1.21. The van der Waals surface area contributed by atoms with E-state index in [1.165, 1.54) is 0 Å². The van der Waals surface area contributed by atoms with Crippen molar-refractivity contribution in [1.29, 1.82) is 0 Å². The van der Waals surface area contributed by atoms with Gasteiger partial charge in [0.15, 0.2) is 0 Å². The Balaban J connectivity index is 2.25. The van der Waals surface area contributed by atoms with E-state index in [1.54, 1.807) is 41.9 Å². The third kappa shape index (κ3) is 7.18. The minimum absolute atomic E-state index is 0.280. The Morgan fingerprint density at radius 2 is 1.38 bits per heavy atom. The van der Waals surface area contributed by atoms with Crippen LogP contribution in [0.5, 0.6) is 11.5 Å².